The van der Waals surface area contributed by atoms with E-state index in [2.05, 4.69) is 41.8 Å². The fraction of sp³-hybridized carbons (Fsp3) is 0.350. The van der Waals surface area contributed by atoms with Gasteiger partial charge in [-0.1, -0.05) is 44.0 Å². The van der Waals surface area contributed by atoms with E-state index in [1.54, 1.807) is 0 Å². The lowest BCUT2D eigenvalue weighted by molar-refractivity contribution is -0.114. The van der Waals surface area contributed by atoms with Crippen molar-refractivity contribution in [3.63, 3.8) is 0 Å². The maximum Gasteiger partial charge on any atom is 0.221 e. The highest BCUT2D eigenvalue weighted by Crippen LogP contribution is 2.15. The molecule has 23 heavy (non-hydrogen) atoms. The number of amides is 1. The second-order valence-corrected chi connectivity index (χ2v) is 5.89. The van der Waals surface area contributed by atoms with E-state index in [1.807, 2.05) is 24.3 Å². The molecule has 0 spiro atoms. The van der Waals surface area contributed by atoms with Crippen molar-refractivity contribution >= 4 is 17.3 Å². The zero-order valence-electron chi connectivity index (χ0n) is 14.1. The maximum atomic E-state index is 11.0. The van der Waals surface area contributed by atoms with Crippen molar-refractivity contribution in [3.8, 4) is 0 Å². The molecule has 122 valence electrons. The summed E-state index contributed by atoms with van der Waals surface area (Å²) < 4.78 is 0. The number of hydrogen-bond donors (Lipinski definition) is 2. The van der Waals surface area contributed by atoms with Crippen molar-refractivity contribution in [1.29, 1.82) is 0 Å². The van der Waals surface area contributed by atoms with E-state index in [0.29, 0.717) is 0 Å². The Balaban J connectivity index is 1.82. The van der Waals surface area contributed by atoms with Crippen LogP contribution >= 0.6 is 0 Å². The molecule has 0 radical (unpaired) electrons. The topological polar surface area (TPSA) is 41.1 Å². The molecule has 1 amide bonds. The summed E-state index contributed by atoms with van der Waals surface area (Å²) in [7, 11) is 0. The van der Waals surface area contributed by atoms with Crippen LogP contribution in [0.25, 0.3) is 0 Å². The lowest BCUT2D eigenvalue weighted by atomic mass is 10.1. The van der Waals surface area contributed by atoms with Gasteiger partial charge >= 0.3 is 0 Å². The largest absolute Gasteiger partial charge is 0.381 e. The van der Waals surface area contributed by atoms with Crippen molar-refractivity contribution in [2.75, 3.05) is 10.6 Å². The van der Waals surface area contributed by atoms with E-state index >= 15 is 0 Å². The number of nitrogens with one attached hydrogen (secondary N) is 2. The van der Waals surface area contributed by atoms with E-state index in [4.69, 9.17) is 0 Å². The molecule has 0 fully saturated rings. The summed E-state index contributed by atoms with van der Waals surface area (Å²) in [4.78, 5) is 11.0. The molecule has 0 aliphatic heterocycles. The Morgan fingerprint density at radius 1 is 0.870 bits per heavy atom. The number of unbranched alkanes of at least 4 members (excludes halogenated alkanes) is 2. The van der Waals surface area contributed by atoms with Crippen LogP contribution in [0.2, 0.25) is 0 Å². The molecule has 2 rings (SSSR count). The van der Waals surface area contributed by atoms with Gasteiger partial charge in [-0.3, -0.25) is 4.79 Å². The van der Waals surface area contributed by atoms with Crippen LogP contribution in [0.3, 0.4) is 0 Å². The summed E-state index contributed by atoms with van der Waals surface area (Å²) in [6, 6.07) is 16.6. The molecule has 0 saturated carbocycles. The standard InChI is InChI=1S/C20H26N2O/c1-3-4-5-6-17-7-9-18(10-8-17)15-21-19-11-13-20(14-12-19)22-16(2)23/h7-14,21H,3-6,15H2,1-2H3,(H,22,23). The first-order chi connectivity index (χ1) is 11.2. The normalized spacial score (nSPS) is 10.3. The van der Waals surface area contributed by atoms with Crippen molar-refractivity contribution < 1.29 is 4.79 Å². The molecule has 2 aromatic rings. The Morgan fingerprint density at radius 3 is 2.09 bits per heavy atom. The molecule has 0 atom stereocenters. The fourth-order valence-corrected chi connectivity index (χ4v) is 2.48. The van der Waals surface area contributed by atoms with Crippen LogP contribution < -0.4 is 10.6 Å². The van der Waals surface area contributed by atoms with Crippen molar-refractivity contribution in [2.45, 2.75) is 46.1 Å². The minimum atomic E-state index is -0.0512. The van der Waals surface area contributed by atoms with E-state index in [1.165, 1.54) is 43.7 Å². The maximum absolute atomic E-state index is 11.0. The molecule has 0 aliphatic carbocycles. The third kappa shape index (κ3) is 6.15. The first-order valence-electron chi connectivity index (χ1n) is 8.36. The van der Waals surface area contributed by atoms with Crippen LogP contribution in [-0.2, 0) is 17.8 Å². The lowest BCUT2D eigenvalue weighted by Crippen LogP contribution is -2.05. The van der Waals surface area contributed by atoms with Crippen LogP contribution in [0.5, 0.6) is 0 Å². The third-order valence-electron chi connectivity index (χ3n) is 3.79. The highest BCUT2D eigenvalue weighted by Gasteiger charge is 1.98. The highest BCUT2D eigenvalue weighted by atomic mass is 16.1. The Kier molecular flexibility index (Phi) is 6.67. The van der Waals surface area contributed by atoms with Gasteiger partial charge in [-0.25, -0.2) is 0 Å². The van der Waals surface area contributed by atoms with E-state index in [9.17, 15) is 4.79 Å². The molecule has 0 unspecified atom stereocenters. The SMILES string of the molecule is CCCCCc1ccc(CNc2ccc(NC(C)=O)cc2)cc1. The van der Waals surface area contributed by atoms with Gasteiger partial charge in [0, 0.05) is 24.8 Å². The van der Waals surface area contributed by atoms with Gasteiger partial charge in [-0.2, -0.15) is 0 Å². The molecular formula is C20H26N2O. The highest BCUT2D eigenvalue weighted by molar-refractivity contribution is 5.88. The second kappa shape index (κ2) is 8.99. The van der Waals surface area contributed by atoms with Gasteiger partial charge in [0.2, 0.25) is 5.91 Å². The molecule has 0 heterocycles. The molecule has 0 aliphatic rings. The third-order valence-corrected chi connectivity index (χ3v) is 3.79. The van der Waals surface area contributed by atoms with Gasteiger partial charge < -0.3 is 10.6 Å². The van der Waals surface area contributed by atoms with E-state index in [0.717, 1.165) is 17.9 Å². The van der Waals surface area contributed by atoms with E-state index in [-0.39, 0.29) is 5.91 Å². The van der Waals surface area contributed by atoms with Gasteiger partial charge in [-0.15, -0.1) is 0 Å². The molecule has 0 bridgehead atoms. The van der Waals surface area contributed by atoms with Crippen LogP contribution in [0.4, 0.5) is 11.4 Å². The predicted octanol–water partition coefficient (Wildman–Crippen LogP) is 4.99. The first kappa shape index (κ1) is 17.1. The summed E-state index contributed by atoms with van der Waals surface area (Å²) >= 11 is 0. The number of carbonyl (C=O) groups excluding carboxylic acids is 1. The monoisotopic (exact) mass is 310 g/mol. The molecular weight excluding hydrogens is 284 g/mol. The molecule has 3 nitrogen and oxygen atoms in total. The zero-order valence-corrected chi connectivity index (χ0v) is 14.1. The second-order valence-electron chi connectivity index (χ2n) is 5.89. The Hall–Kier alpha value is -2.29. The molecule has 0 saturated heterocycles. The first-order valence-corrected chi connectivity index (χ1v) is 8.36. The summed E-state index contributed by atoms with van der Waals surface area (Å²) in [6.07, 6.45) is 5.02. The van der Waals surface area contributed by atoms with Gasteiger partial charge in [0.25, 0.3) is 0 Å². The van der Waals surface area contributed by atoms with E-state index < -0.39 is 0 Å². The van der Waals surface area contributed by atoms with Gasteiger partial charge in [-0.05, 0) is 48.2 Å². The summed E-state index contributed by atoms with van der Waals surface area (Å²) in [5.74, 6) is -0.0512. The summed E-state index contributed by atoms with van der Waals surface area (Å²) in [6.45, 7) is 4.55. The minimum absolute atomic E-state index is 0.0512. The van der Waals surface area contributed by atoms with Gasteiger partial charge in [0.1, 0.15) is 0 Å². The number of anilines is 2. The van der Waals surface area contributed by atoms with Gasteiger partial charge in [0.15, 0.2) is 0 Å². The average Bonchev–Trinajstić information content (AvgIpc) is 2.55. The predicted molar refractivity (Wildman–Crippen MR) is 97.7 cm³/mol. The summed E-state index contributed by atoms with van der Waals surface area (Å²) in [5.41, 5.74) is 4.56. The van der Waals surface area contributed by atoms with Crippen molar-refractivity contribution in [2.24, 2.45) is 0 Å². The minimum Gasteiger partial charge on any atom is -0.381 e. The quantitative estimate of drug-likeness (QED) is 0.674. The van der Waals surface area contributed by atoms with Crippen molar-refractivity contribution in [3.05, 3.63) is 59.7 Å². The van der Waals surface area contributed by atoms with Crippen LogP contribution in [0, 0.1) is 0 Å². The number of rotatable bonds is 8. The molecule has 2 N–H and O–H groups in total. The summed E-state index contributed by atoms with van der Waals surface area (Å²) in [5, 5.41) is 6.17. The molecule has 2 aromatic carbocycles. The number of aryl methyl sites for hydroxylation is 1. The number of hydrogen-bond acceptors (Lipinski definition) is 2. The number of carbonyl (C=O) groups is 1. The molecule has 3 heteroatoms. The van der Waals surface area contributed by atoms with Crippen LogP contribution in [-0.4, -0.2) is 5.91 Å². The Bertz CT molecular complexity index is 603. The zero-order chi connectivity index (χ0) is 16.5. The Labute approximate surface area is 139 Å². The molecule has 0 aromatic heterocycles. The average molecular weight is 310 g/mol. The van der Waals surface area contributed by atoms with Crippen LogP contribution in [0.15, 0.2) is 48.5 Å². The van der Waals surface area contributed by atoms with Crippen molar-refractivity contribution in [1.82, 2.24) is 0 Å². The Morgan fingerprint density at radius 2 is 1.48 bits per heavy atom. The number of benzene rings is 2. The lowest BCUT2D eigenvalue weighted by Gasteiger charge is -2.09. The fourth-order valence-electron chi connectivity index (χ4n) is 2.48. The van der Waals surface area contributed by atoms with Crippen LogP contribution in [0.1, 0.15) is 44.2 Å². The van der Waals surface area contributed by atoms with Gasteiger partial charge in [0.05, 0.1) is 0 Å². The smallest absolute Gasteiger partial charge is 0.221 e.